The van der Waals surface area contributed by atoms with Gasteiger partial charge in [0, 0.05) is 25.3 Å². The van der Waals surface area contributed by atoms with E-state index in [1.165, 1.54) is 33.2 Å². The number of benzene rings is 1. The number of methoxy groups -OCH3 is 3. The van der Waals surface area contributed by atoms with Crippen molar-refractivity contribution in [2.75, 3.05) is 26.2 Å². The number of amides is 1. The molecule has 0 aliphatic heterocycles. The van der Waals surface area contributed by atoms with Crippen LogP contribution >= 0.6 is 11.3 Å². The summed E-state index contributed by atoms with van der Waals surface area (Å²) in [6.07, 6.45) is 1.63. The molecule has 0 radical (unpaired) electrons. The second-order valence-corrected chi connectivity index (χ2v) is 7.33. The van der Waals surface area contributed by atoms with Crippen LogP contribution in [0.5, 0.6) is 17.2 Å². The quantitative estimate of drug-likeness (QED) is 0.604. The molecule has 0 saturated carbocycles. The molecule has 2 heterocycles. The fraction of sp³-hybridized carbons (Fsp3) is 0.300. The van der Waals surface area contributed by atoms with Crippen LogP contribution in [-0.2, 0) is 4.79 Å². The van der Waals surface area contributed by atoms with Gasteiger partial charge in [-0.15, -0.1) is 11.3 Å². The summed E-state index contributed by atoms with van der Waals surface area (Å²) >= 11 is 1.55. The van der Waals surface area contributed by atoms with Gasteiger partial charge >= 0.3 is 0 Å². The Morgan fingerprint density at radius 1 is 1.03 bits per heavy atom. The van der Waals surface area contributed by atoms with Gasteiger partial charge in [0.1, 0.15) is 0 Å². The lowest BCUT2D eigenvalue weighted by Crippen LogP contribution is -2.25. The summed E-state index contributed by atoms with van der Waals surface area (Å²) < 4.78 is 16.2. The Balaban J connectivity index is 2.14. The van der Waals surface area contributed by atoms with Crippen LogP contribution < -0.4 is 19.1 Å². The van der Waals surface area contributed by atoms with Gasteiger partial charge in [-0.05, 0) is 19.9 Å². The van der Waals surface area contributed by atoms with Gasteiger partial charge in [-0.1, -0.05) is 0 Å². The van der Waals surface area contributed by atoms with Gasteiger partial charge in [0.25, 0.3) is 0 Å². The molecule has 9 heteroatoms. The number of nitrogens with zero attached hydrogens (tertiary/aromatic N) is 4. The van der Waals surface area contributed by atoms with Gasteiger partial charge in [0.2, 0.25) is 17.6 Å². The second-order valence-electron chi connectivity index (χ2n) is 6.13. The third-order valence-electron chi connectivity index (χ3n) is 4.20. The molecule has 152 valence electrons. The first-order valence-corrected chi connectivity index (χ1v) is 9.59. The number of carbonyl (C=O) groups is 1. The predicted molar refractivity (Wildman–Crippen MR) is 112 cm³/mol. The van der Waals surface area contributed by atoms with E-state index in [4.69, 9.17) is 14.2 Å². The van der Waals surface area contributed by atoms with Crippen LogP contribution in [0.4, 0.5) is 11.6 Å². The topological polar surface area (TPSA) is 86.7 Å². The highest BCUT2D eigenvalue weighted by Gasteiger charge is 2.23. The summed E-state index contributed by atoms with van der Waals surface area (Å²) in [6.45, 7) is 5.32. The van der Waals surface area contributed by atoms with Crippen molar-refractivity contribution in [2.45, 2.75) is 20.8 Å². The lowest BCUT2D eigenvalue weighted by molar-refractivity contribution is -0.115. The average Bonchev–Trinajstić information content (AvgIpc) is 3.05. The van der Waals surface area contributed by atoms with Crippen molar-refractivity contribution in [1.82, 2.24) is 15.0 Å². The number of aryl methyl sites for hydroxylation is 2. The smallest absolute Gasteiger partial charge is 0.237 e. The molecular formula is C20H22N4O4S. The Kier molecular flexibility index (Phi) is 5.97. The standard InChI is InChI=1S/C20H22N4O4S/c1-11-19(29-12(2)22-11)15-7-8-21-20(23-15)24(13(3)25)14-9-16(26-4)18(28-6)17(10-14)27-5/h7-10H,1-6H3. The molecule has 0 bridgehead atoms. The lowest BCUT2D eigenvalue weighted by atomic mass is 10.2. The van der Waals surface area contributed by atoms with E-state index >= 15 is 0 Å². The van der Waals surface area contributed by atoms with E-state index in [-0.39, 0.29) is 11.9 Å². The van der Waals surface area contributed by atoms with Crippen LogP contribution in [0.1, 0.15) is 17.6 Å². The molecule has 3 rings (SSSR count). The van der Waals surface area contributed by atoms with Crippen LogP contribution in [0.25, 0.3) is 10.6 Å². The molecule has 1 aromatic carbocycles. The van der Waals surface area contributed by atoms with E-state index in [1.807, 2.05) is 13.8 Å². The third-order valence-corrected chi connectivity index (χ3v) is 5.30. The van der Waals surface area contributed by atoms with Crippen LogP contribution in [0.3, 0.4) is 0 Å². The van der Waals surface area contributed by atoms with Crippen molar-refractivity contribution in [2.24, 2.45) is 0 Å². The number of anilines is 2. The minimum absolute atomic E-state index is 0.245. The largest absolute Gasteiger partial charge is 0.493 e. The molecule has 0 atom stereocenters. The first kappa shape index (κ1) is 20.5. The summed E-state index contributed by atoms with van der Waals surface area (Å²) in [5, 5.41) is 0.950. The molecule has 1 amide bonds. The molecular weight excluding hydrogens is 392 g/mol. The Morgan fingerprint density at radius 2 is 1.69 bits per heavy atom. The Morgan fingerprint density at radius 3 is 2.17 bits per heavy atom. The van der Waals surface area contributed by atoms with E-state index in [9.17, 15) is 4.79 Å². The van der Waals surface area contributed by atoms with Gasteiger partial charge in [-0.3, -0.25) is 4.79 Å². The fourth-order valence-electron chi connectivity index (χ4n) is 2.99. The minimum atomic E-state index is -0.256. The van der Waals surface area contributed by atoms with E-state index in [0.717, 1.165) is 15.6 Å². The normalized spacial score (nSPS) is 10.6. The molecule has 0 fully saturated rings. The van der Waals surface area contributed by atoms with Gasteiger partial charge in [-0.2, -0.15) is 0 Å². The Labute approximate surface area is 173 Å². The van der Waals surface area contributed by atoms with Gasteiger partial charge < -0.3 is 14.2 Å². The highest BCUT2D eigenvalue weighted by Crippen LogP contribution is 2.42. The van der Waals surface area contributed by atoms with Gasteiger partial charge in [0.05, 0.1) is 48.3 Å². The molecule has 0 aliphatic rings. The summed E-state index contributed by atoms with van der Waals surface area (Å²) in [4.78, 5) is 28.3. The number of aromatic nitrogens is 3. The first-order valence-electron chi connectivity index (χ1n) is 8.77. The Hall–Kier alpha value is -3.20. The molecule has 2 aromatic heterocycles. The summed E-state index contributed by atoms with van der Waals surface area (Å²) in [5.41, 5.74) is 2.09. The lowest BCUT2D eigenvalue weighted by Gasteiger charge is -2.22. The zero-order valence-corrected chi connectivity index (χ0v) is 18.0. The van der Waals surface area contributed by atoms with E-state index in [2.05, 4.69) is 15.0 Å². The zero-order valence-electron chi connectivity index (χ0n) is 17.1. The second kappa shape index (κ2) is 8.44. The summed E-state index contributed by atoms with van der Waals surface area (Å²) in [5.74, 6) is 1.28. The number of rotatable bonds is 6. The molecule has 0 spiro atoms. The number of hydrogen-bond acceptors (Lipinski definition) is 8. The highest BCUT2D eigenvalue weighted by molar-refractivity contribution is 7.15. The molecule has 0 aliphatic carbocycles. The molecule has 0 N–H and O–H groups in total. The van der Waals surface area contributed by atoms with Crippen molar-refractivity contribution in [3.8, 4) is 27.8 Å². The first-order chi connectivity index (χ1) is 13.9. The van der Waals surface area contributed by atoms with Crippen molar-refractivity contribution in [1.29, 1.82) is 0 Å². The van der Waals surface area contributed by atoms with Crippen LogP contribution in [0, 0.1) is 13.8 Å². The number of ether oxygens (including phenoxy) is 3. The highest BCUT2D eigenvalue weighted by atomic mass is 32.1. The molecule has 3 aromatic rings. The molecule has 29 heavy (non-hydrogen) atoms. The minimum Gasteiger partial charge on any atom is -0.493 e. The summed E-state index contributed by atoms with van der Waals surface area (Å²) in [6, 6.07) is 5.17. The van der Waals surface area contributed by atoms with Crippen molar-refractivity contribution >= 4 is 28.9 Å². The molecule has 0 saturated heterocycles. The maximum absolute atomic E-state index is 12.5. The number of hydrogen-bond donors (Lipinski definition) is 0. The van der Waals surface area contributed by atoms with E-state index < -0.39 is 0 Å². The zero-order chi connectivity index (χ0) is 21.1. The molecule has 0 unspecified atom stereocenters. The third kappa shape index (κ3) is 4.00. The van der Waals surface area contributed by atoms with E-state index in [0.29, 0.717) is 28.6 Å². The van der Waals surface area contributed by atoms with Crippen LogP contribution in [0.2, 0.25) is 0 Å². The number of thiazole rings is 1. The maximum atomic E-state index is 12.5. The van der Waals surface area contributed by atoms with Gasteiger partial charge in [-0.25, -0.2) is 19.9 Å². The monoisotopic (exact) mass is 414 g/mol. The van der Waals surface area contributed by atoms with Crippen LogP contribution in [0.15, 0.2) is 24.4 Å². The van der Waals surface area contributed by atoms with Gasteiger partial charge in [0.15, 0.2) is 11.5 Å². The summed E-state index contributed by atoms with van der Waals surface area (Å²) in [7, 11) is 4.56. The fourth-order valence-corrected chi connectivity index (χ4v) is 3.88. The Bertz CT molecular complexity index is 1030. The average molecular weight is 414 g/mol. The molecule has 8 nitrogen and oxygen atoms in total. The number of carbonyl (C=O) groups excluding carboxylic acids is 1. The van der Waals surface area contributed by atoms with Crippen LogP contribution in [-0.4, -0.2) is 42.2 Å². The van der Waals surface area contributed by atoms with Crippen molar-refractivity contribution in [3.05, 3.63) is 35.1 Å². The predicted octanol–water partition coefficient (Wildman–Crippen LogP) is 3.93. The van der Waals surface area contributed by atoms with Crippen molar-refractivity contribution in [3.63, 3.8) is 0 Å². The SMILES string of the molecule is COc1cc(N(C(C)=O)c2nccc(-c3sc(C)nc3C)n2)cc(OC)c1OC. The van der Waals surface area contributed by atoms with E-state index in [1.54, 1.807) is 35.7 Å². The maximum Gasteiger partial charge on any atom is 0.237 e. The van der Waals surface area contributed by atoms with Crippen molar-refractivity contribution < 1.29 is 19.0 Å².